The standard InChI is InChI=1S/C8H11F3O2/c1-3-6(13-4-2)5-7(12)8(9,10)11/h3H,4-5H2,1-2H3. The number of ketones is 1. The fourth-order valence-electron chi connectivity index (χ4n) is 0.680. The molecule has 0 N–H and O–H groups in total. The van der Waals surface area contributed by atoms with Crippen LogP contribution in [0.15, 0.2) is 11.8 Å². The van der Waals surface area contributed by atoms with E-state index in [0.29, 0.717) is 0 Å². The molecule has 0 amide bonds. The molecular formula is C8H11F3O2. The molecule has 0 radical (unpaired) electrons. The van der Waals surface area contributed by atoms with Gasteiger partial charge in [-0.3, -0.25) is 4.79 Å². The predicted molar refractivity (Wildman–Crippen MR) is 41.1 cm³/mol. The monoisotopic (exact) mass is 196 g/mol. The zero-order valence-corrected chi connectivity index (χ0v) is 7.44. The number of ether oxygens (including phenoxy) is 1. The first-order chi connectivity index (χ1) is 5.91. The summed E-state index contributed by atoms with van der Waals surface area (Å²) in [5.74, 6) is -1.72. The van der Waals surface area contributed by atoms with Gasteiger partial charge in [0.05, 0.1) is 18.8 Å². The van der Waals surface area contributed by atoms with E-state index >= 15 is 0 Å². The van der Waals surface area contributed by atoms with E-state index in [9.17, 15) is 18.0 Å². The van der Waals surface area contributed by atoms with Gasteiger partial charge in [-0.25, -0.2) is 0 Å². The Hall–Kier alpha value is -1.00. The van der Waals surface area contributed by atoms with E-state index in [1.807, 2.05) is 0 Å². The van der Waals surface area contributed by atoms with E-state index < -0.39 is 18.4 Å². The predicted octanol–water partition coefficient (Wildman–Crippen LogP) is 2.45. The zero-order chi connectivity index (χ0) is 10.5. The smallest absolute Gasteiger partial charge is 0.450 e. The molecule has 76 valence electrons. The van der Waals surface area contributed by atoms with Gasteiger partial charge in [-0.2, -0.15) is 13.2 Å². The molecule has 0 fully saturated rings. The normalized spacial score (nSPS) is 12.8. The first kappa shape index (κ1) is 12.0. The molecular weight excluding hydrogens is 185 g/mol. The van der Waals surface area contributed by atoms with Gasteiger partial charge in [0, 0.05) is 0 Å². The van der Waals surface area contributed by atoms with Crippen LogP contribution >= 0.6 is 0 Å². The highest BCUT2D eigenvalue weighted by molar-refractivity contribution is 5.85. The van der Waals surface area contributed by atoms with Crippen LogP contribution in [0.5, 0.6) is 0 Å². The number of carbonyl (C=O) groups is 1. The van der Waals surface area contributed by atoms with E-state index in [1.165, 1.54) is 13.0 Å². The number of alkyl halides is 3. The summed E-state index contributed by atoms with van der Waals surface area (Å²) in [5.41, 5.74) is 0. The number of hydrogen-bond donors (Lipinski definition) is 0. The van der Waals surface area contributed by atoms with Crippen LogP contribution in [0.4, 0.5) is 13.2 Å². The van der Waals surface area contributed by atoms with Gasteiger partial charge in [0.15, 0.2) is 0 Å². The molecule has 0 saturated carbocycles. The van der Waals surface area contributed by atoms with Crippen molar-refractivity contribution in [2.75, 3.05) is 6.61 Å². The van der Waals surface area contributed by atoms with Crippen molar-refractivity contribution in [2.24, 2.45) is 0 Å². The number of halogens is 3. The fraction of sp³-hybridized carbons (Fsp3) is 0.625. The second-order valence-corrected chi connectivity index (χ2v) is 2.29. The number of Topliss-reactive ketones (excluding diaryl/α,β-unsaturated/α-hetero) is 1. The maximum atomic E-state index is 11.8. The van der Waals surface area contributed by atoms with Gasteiger partial charge in [0.25, 0.3) is 0 Å². The minimum absolute atomic E-state index is 0.0600. The molecule has 2 nitrogen and oxygen atoms in total. The van der Waals surface area contributed by atoms with Crippen molar-refractivity contribution in [3.05, 3.63) is 11.8 Å². The Kier molecular flexibility index (Phi) is 4.51. The Balaban J connectivity index is 4.19. The highest BCUT2D eigenvalue weighted by Gasteiger charge is 2.38. The van der Waals surface area contributed by atoms with Gasteiger partial charge in [-0.05, 0) is 19.9 Å². The molecule has 0 bridgehead atoms. The number of carbonyl (C=O) groups excluding carboxylic acids is 1. The van der Waals surface area contributed by atoms with Crippen molar-refractivity contribution >= 4 is 5.78 Å². The molecule has 0 saturated heterocycles. The molecule has 0 rings (SSSR count). The summed E-state index contributed by atoms with van der Waals surface area (Å²) in [6.45, 7) is 3.42. The van der Waals surface area contributed by atoms with Crippen molar-refractivity contribution in [3.8, 4) is 0 Å². The highest BCUT2D eigenvalue weighted by Crippen LogP contribution is 2.20. The summed E-state index contributed by atoms with van der Waals surface area (Å²) in [4.78, 5) is 10.5. The molecule has 0 aliphatic carbocycles. The molecule has 0 unspecified atom stereocenters. The third kappa shape index (κ3) is 4.55. The van der Waals surface area contributed by atoms with Crippen molar-refractivity contribution in [2.45, 2.75) is 26.4 Å². The summed E-state index contributed by atoms with van der Waals surface area (Å²) in [6.07, 6.45) is -4.13. The van der Waals surface area contributed by atoms with E-state index in [2.05, 4.69) is 0 Å². The molecule has 0 aromatic heterocycles. The number of rotatable bonds is 4. The topological polar surface area (TPSA) is 26.3 Å². The summed E-state index contributed by atoms with van der Waals surface area (Å²) in [5, 5.41) is 0. The Morgan fingerprint density at radius 2 is 2.00 bits per heavy atom. The largest absolute Gasteiger partial charge is 0.498 e. The second-order valence-electron chi connectivity index (χ2n) is 2.29. The van der Waals surface area contributed by atoms with Gasteiger partial charge >= 0.3 is 6.18 Å². The lowest BCUT2D eigenvalue weighted by Gasteiger charge is -2.08. The maximum Gasteiger partial charge on any atom is 0.450 e. The van der Waals surface area contributed by atoms with E-state index in [-0.39, 0.29) is 12.4 Å². The lowest BCUT2D eigenvalue weighted by molar-refractivity contribution is -0.170. The minimum atomic E-state index is -4.77. The van der Waals surface area contributed by atoms with Gasteiger partial charge in [0.1, 0.15) is 0 Å². The number of allylic oxidation sites excluding steroid dienone is 2. The molecule has 0 aromatic carbocycles. The van der Waals surface area contributed by atoms with Crippen molar-refractivity contribution in [3.63, 3.8) is 0 Å². The van der Waals surface area contributed by atoms with E-state index in [1.54, 1.807) is 6.92 Å². The second kappa shape index (κ2) is 4.89. The molecule has 0 heterocycles. The minimum Gasteiger partial charge on any atom is -0.498 e. The average Bonchev–Trinajstić information content (AvgIpc) is 2.01. The summed E-state index contributed by atoms with van der Waals surface area (Å²) < 4.78 is 40.1. The lowest BCUT2D eigenvalue weighted by Crippen LogP contribution is -2.23. The molecule has 0 aromatic rings. The molecule has 0 atom stereocenters. The first-order valence-corrected chi connectivity index (χ1v) is 3.79. The van der Waals surface area contributed by atoms with Crippen LogP contribution in [-0.2, 0) is 9.53 Å². The summed E-state index contributed by atoms with van der Waals surface area (Å²) in [7, 11) is 0. The third-order valence-electron chi connectivity index (χ3n) is 1.30. The van der Waals surface area contributed by atoms with Gasteiger partial charge in [-0.1, -0.05) is 0 Å². The summed E-state index contributed by atoms with van der Waals surface area (Å²) in [6, 6.07) is 0. The van der Waals surface area contributed by atoms with Crippen LogP contribution in [-0.4, -0.2) is 18.6 Å². The van der Waals surface area contributed by atoms with Crippen molar-refractivity contribution in [1.82, 2.24) is 0 Å². The maximum absolute atomic E-state index is 11.8. The highest BCUT2D eigenvalue weighted by atomic mass is 19.4. The number of hydrogen-bond acceptors (Lipinski definition) is 2. The SMILES string of the molecule is CC=C(CC(=O)C(F)(F)F)OCC. The van der Waals surface area contributed by atoms with Crippen LogP contribution in [0.1, 0.15) is 20.3 Å². The van der Waals surface area contributed by atoms with Crippen LogP contribution in [0, 0.1) is 0 Å². The van der Waals surface area contributed by atoms with Crippen LogP contribution < -0.4 is 0 Å². The Bertz CT molecular complexity index is 206. The Morgan fingerprint density at radius 3 is 2.31 bits per heavy atom. The third-order valence-corrected chi connectivity index (χ3v) is 1.30. The quantitative estimate of drug-likeness (QED) is 0.645. The Morgan fingerprint density at radius 1 is 1.46 bits per heavy atom. The fourth-order valence-corrected chi connectivity index (χ4v) is 0.680. The molecule has 0 aliphatic heterocycles. The molecule has 5 heteroatoms. The molecule has 0 spiro atoms. The van der Waals surface area contributed by atoms with Gasteiger partial charge in [0.2, 0.25) is 5.78 Å². The van der Waals surface area contributed by atoms with Gasteiger partial charge in [-0.15, -0.1) is 0 Å². The van der Waals surface area contributed by atoms with Crippen molar-refractivity contribution < 1.29 is 22.7 Å². The van der Waals surface area contributed by atoms with Gasteiger partial charge < -0.3 is 4.74 Å². The first-order valence-electron chi connectivity index (χ1n) is 3.79. The summed E-state index contributed by atoms with van der Waals surface area (Å²) >= 11 is 0. The van der Waals surface area contributed by atoms with Crippen LogP contribution in [0.3, 0.4) is 0 Å². The molecule has 13 heavy (non-hydrogen) atoms. The molecule has 0 aliphatic rings. The lowest BCUT2D eigenvalue weighted by atomic mass is 10.2. The average molecular weight is 196 g/mol. The van der Waals surface area contributed by atoms with Crippen molar-refractivity contribution in [1.29, 1.82) is 0 Å². The van der Waals surface area contributed by atoms with Crippen LogP contribution in [0.25, 0.3) is 0 Å². The van der Waals surface area contributed by atoms with Crippen LogP contribution in [0.2, 0.25) is 0 Å². The van der Waals surface area contributed by atoms with E-state index in [0.717, 1.165) is 0 Å². The Labute approximate surface area is 74.4 Å². The van der Waals surface area contributed by atoms with E-state index in [4.69, 9.17) is 4.74 Å². The zero-order valence-electron chi connectivity index (χ0n) is 7.44.